The lowest BCUT2D eigenvalue weighted by Crippen LogP contribution is -2.26. The Kier molecular flexibility index (Phi) is 3.14. The fourth-order valence-corrected chi connectivity index (χ4v) is 1.73. The fourth-order valence-electron chi connectivity index (χ4n) is 1.73. The van der Waals surface area contributed by atoms with Crippen molar-refractivity contribution >= 4 is 0 Å². The molecule has 1 N–H and O–H groups in total. The number of aliphatic hydroxyl groups excluding tert-OH is 1. The molecule has 0 saturated carbocycles. The van der Waals surface area contributed by atoms with Gasteiger partial charge < -0.3 is 5.11 Å². The van der Waals surface area contributed by atoms with Crippen LogP contribution in [0.15, 0.2) is 6.07 Å². The van der Waals surface area contributed by atoms with Gasteiger partial charge in [0.15, 0.2) is 0 Å². The van der Waals surface area contributed by atoms with Gasteiger partial charge in [0.1, 0.15) is 11.6 Å². The molecule has 84 valence electrons. The Morgan fingerprint density at radius 3 is 2.27 bits per heavy atom. The molecule has 0 unspecified atom stereocenters. The van der Waals surface area contributed by atoms with Gasteiger partial charge in [0.2, 0.25) is 0 Å². The Morgan fingerprint density at radius 2 is 1.80 bits per heavy atom. The highest BCUT2D eigenvalue weighted by molar-refractivity contribution is 5.38. The van der Waals surface area contributed by atoms with Crippen LogP contribution in [0, 0.1) is 25.5 Å². The van der Waals surface area contributed by atoms with Crippen LogP contribution < -0.4 is 0 Å². The van der Waals surface area contributed by atoms with Gasteiger partial charge in [-0.05, 0) is 31.0 Å². The molecular formula is C12H16F2O. The van der Waals surface area contributed by atoms with E-state index in [1.807, 2.05) is 0 Å². The van der Waals surface area contributed by atoms with Gasteiger partial charge in [-0.1, -0.05) is 13.8 Å². The molecule has 0 saturated heterocycles. The number of rotatable bonds is 2. The number of benzene rings is 1. The quantitative estimate of drug-likeness (QED) is 0.802. The van der Waals surface area contributed by atoms with Crippen LogP contribution in [0.3, 0.4) is 0 Å². The molecule has 0 aliphatic carbocycles. The third-order valence-corrected chi connectivity index (χ3v) is 2.71. The van der Waals surface area contributed by atoms with Crippen molar-refractivity contribution in [2.75, 3.05) is 6.61 Å². The van der Waals surface area contributed by atoms with Gasteiger partial charge in [-0.25, -0.2) is 8.78 Å². The molecule has 1 rings (SSSR count). The minimum Gasteiger partial charge on any atom is -0.395 e. The van der Waals surface area contributed by atoms with Crippen LogP contribution in [0.5, 0.6) is 0 Å². The van der Waals surface area contributed by atoms with Crippen LogP contribution in [0.1, 0.15) is 30.5 Å². The van der Waals surface area contributed by atoms with Crippen molar-refractivity contribution in [2.45, 2.75) is 33.1 Å². The molecule has 0 atom stereocenters. The maximum absolute atomic E-state index is 13.8. The minimum absolute atomic E-state index is 0.215. The smallest absolute Gasteiger partial charge is 0.130 e. The Labute approximate surface area is 88.7 Å². The van der Waals surface area contributed by atoms with Gasteiger partial charge in [0.05, 0.1) is 6.61 Å². The van der Waals surface area contributed by atoms with E-state index in [-0.39, 0.29) is 23.3 Å². The van der Waals surface area contributed by atoms with Crippen molar-refractivity contribution in [3.05, 3.63) is 34.4 Å². The average molecular weight is 214 g/mol. The number of halogens is 2. The summed E-state index contributed by atoms with van der Waals surface area (Å²) in [6, 6.07) is 1.18. The van der Waals surface area contributed by atoms with Gasteiger partial charge in [0, 0.05) is 11.0 Å². The third kappa shape index (κ3) is 2.02. The van der Waals surface area contributed by atoms with Gasteiger partial charge in [-0.2, -0.15) is 0 Å². The van der Waals surface area contributed by atoms with Crippen LogP contribution in [-0.4, -0.2) is 11.7 Å². The summed E-state index contributed by atoms with van der Waals surface area (Å²) in [5, 5.41) is 9.19. The monoisotopic (exact) mass is 214 g/mol. The maximum atomic E-state index is 13.8. The zero-order chi connectivity index (χ0) is 11.8. The summed E-state index contributed by atoms with van der Waals surface area (Å²) in [5.41, 5.74) is 0.0513. The molecule has 1 aromatic carbocycles. The van der Waals surface area contributed by atoms with Gasteiger partial charge >= 0.3 is 0 Å². The molecule has 0 aliphatic heterocycles. The zero-order valence-electron chi connectivity index (χ0n) is 9.49. The van der Waals surface area contributed by atoms with Crippen LogP contribution >= 0.6 is 0 Å². The van der Waals surface area contributed by atoms with E-state index in [2.05, 4.69) is 0 Å². The van der Waals surface area contributed by atoms with Crippen LogP contribution in [0.25, 0.3) is 0 Å². The highest BCUT2D eigenvalue weighted by Gasteiger charge is 2.27. The van der Waals surface area contributed by atoms with E-state index in [9.17, 15) is 13.9 Å². The summed E-state index contributed by atoms with van der Waals surface area (Å²) in [6.07, 6.45) is 0. The largest absolute Gasteiger partial charge is 0.395 e. The van der Waals surface area contributed by atoms with Crippen molar-refractivity contribution in [3.63, 3.8) is 0 Å². The van der Waals surface area contributed by atoms with E-state index in [0.29, 0.717) is 0 Å². The van der Waals surface area contributed by atoms with E-state index in [4.69, 9.17) is 0 Å². The number of hydrogen-bond acceptors (Lipinski definition) is 1. The van der Waals surface area contributed by atoms with Crippen molar-refractivity contribution in [2.24, 2.45) is 0 Å². The fraction of sp³-hybridized carbons (Fsp3) is 0.500. The standard InChI is InChI=1S/C12H16F2O/c1-7-5-9(13)8(2)10(11(7)14)12(3,4)6-15/h5,15H,6H2,1-4H3. The molecular weight excluding hydrogens is 198 g/mol. The minimum atomic E-state index is -0.763. The lowest BCUT2D eigenvalue weighted by atomic mass is 9.81. The van der Waals surface area contributed by atoms with E-state index >= 15 is 0 Å². The lowest BCUT2D eigenvalue weighted by Gasteiger charge is -2.26. The van der Waals surface area contributed by atoms with Gasteiger partial charge in [-0.3, -0.25) is 0 Å². The Balaban J connectivity index is 3.53. The first kappa shape index (κ1) is 12.1. The molecule has 0 amide bonds. The van der Waals surface area contributed by atoms with E-state index in [1.165, 1.54) is 19.9 Å². The summed E-state index contributed by atoms with van der Waals surface area (Å²) in [5.74, 6) is -0.849. The third-order valence-electron chi connectivity index (χ3n) is 2.71. The molecule has 0 spiro atoms. The van der Waals surface area contributed by atoms with Crippen molar-refractivity contribution in [1.29, 1.82) is 0 Å². The lowest BCUT2D eigenvalue weighted by molar-refractivity contribution is 0.213. The number of aryl methyl sites for hydroxylation is 1. The predicted molar refractivity (Wildman–Crippen MR) is 55.9 cm³/mol. The van der Waals surface area contributed by atoms with Crippen LogP contribution in [0.2, 0.25) is 0 Å². The van der Waals surface area contributed by atoms with Gasteiger partial charge in [-0.15, -0.1) is 0 Å². The Hall–Kier alpha value is -0.960. The second kappa shape index (κ2) is 3.89. The van der Waals surface area contributed by atoms with E-state index in [1.54, 1.807) is 13.8 Å². The second-order valence-corrected chi connectivity index (χ2v) is 4.53. The Morgan fingerprint density at radius 1 is 1.27 bits per heavy atom. The molecule has 0 bridgehead atoms. The van der Waals surface area contributed by atoms with Gasteiger partial charge in [0.25, 0.3) is 0 Å². The molecule has 0 radical (unpaired) electrons. The highest BCUT2D eigenvalue weighted by Crippen LogP contribution is 2.31. The molecule has 0 aliphatic rings. The predicted octanol–water partition coefficient (Wildman–Crippen LogP) is 2.85. The number of hydrogen-bond donors (Lipinski definition) is 1. The van der Waals surface area contributed by atoms with Crippen LogP contribution in [-0.2, 0) is 5.41 Å². The van der Waals surface area contributed by atoms with E-state index in [0.717, 1.165) is 0 Å². The maximum Gasteiger partial charge on any atom is 0.130 e. The second-order valence-electron chi connectivity index (χ2n) is 4.53. The summed E-state index contributed by atoms with van der Waals surface area (Å²) < 4.78 is 27.3. The molecule has 0 fully saturated rings. The molecule has 0 aromatic heterocycles. The summed E-state index contributed by atoms with van der Waals surface area (Å²) >= 11 is 0. The molecule has 1 nitrogen and oxygen atoms in total. The average Bonchev–Trinajstić information content (AvgIpc) is 2.15. The molecule has 1 aromatic rings. The summed E-state index contributed by atoms with van der Waals surface area (Å²) in [7, 11) is 0. The van der Waals surface area contributed by atoms with Crippen molar-refractivity contribution in [1.82, 2.24) is 0 Å². The first-order valence-corrected chi connectivity index (χ1v) is 4.88. The highest BCUT2D eigenvalue weighted by atomic mass is 19.1. The topological polar surface area (TPSA) is 20.2 Å². The first-order valence-electron chi connectivity index (χ1n) is 4.88. The zero-order valence-corrected chi connectivity index (χ0v) is 9.49. The van der Waals surface area contributed by atoms with E-state index < -0.39 is 17.0 Å². The SMILES string of the molecule is Cc1cc(F)c(C)c(C(C)(C)CO)c1F. The van der Waals surface area contributed by atoms with Crippen molar-refractivity contribution in [3.8, 4) is 0 Å². The normalized spacial score (nSPS) is 11.9. The Bertz CT molecular complexity index is 357. The summed E-state index contributed by atoms with van der Waals surface area (Å²) in [6.45, 7) is 6.22. The first-order chi connectivity index (χ1) is 6.81. The van der Waals surface area contributed by atoms with Crippen molar-refractivity contribution < 1.29 is 13.9 Å². The molecule has 0 heterocycles. The molecule has 3 heteroatoms. The van der Waals surface area contributed by atoms with Crippen LogP contribution in [0.4, 0.5) is 8.78 Å². The summed E-state index contributed by atoms with van der Waals surface area (Å²) in [4.78, 5) is 0. The molecule has 15 heavy (non-hydrogen) atoms. The number of aliphatic hydroxyl groups is 1.